The largest absolute Gasteiger partial charge is 0.492 e. The number of anilines is 1. The van der Waals surface area contributed by atoms with Crippen LogP contribution >= 0.6 is 0 Å². The highest BCUT2D eigenvalue weighted by Gasteiger charge is 2.27. The van der Waals surface area contributed by atoms with Crippen LogP contribution in [-0.2, 0) is 14.8 Å². The molecule has 7 nitrogen and oxygen atoms in total. The number of hydrogen-bond donors (Lipinski definition) is 2. The minimum atomic E-state index is -3.72. The number of benzene rings is 1. The number of ether oxygens (including phenoxy) is 1. The lowest BCUT2D eigenvalue weighted by Crippen LogP contribution is -2.39. The van der Waals surface area contributed by atoms with Crippen molar-refractivity contribution in [1.29, 1.82) is 0 Å². The van der Waals surface area contributed by atoms with Gasteiger partial charge < -0.3 is 15.8 Å². The molecular formula is C17H29N3O4S. The van der Waals surface area contributed by atoms with E-state index in [1.807, 2.05) is 13.8 Å². The Morgan fingerprint density at radius 1 is 1.24 bits per heavy atom. The molecule has 0 radical (unpaired) electrons. The number of carbonyl (C=O) groups is 1. The molecule has 1 aromatic rings. The lowest BCUT2D eigenvalue weighted by atomic mass is 10.0. The van der Waals surface area contributed by atoms with Gasteiger partial charge in [0, 0.05) is 18.8 Å². The first-order valence-corrected chi connectivity index (χ1v) is 9.96. The third-order valence-corrected chi connectivity index (χ3v) is 5.93. The van der Waals surface area contributed by atoms with Crippen LogP contribution in [0.5, 0.6) is 5.75 Å². The van der Waals surface area contributed by atoms with Crippen LogP contribution in [-0.4, -0.2) is 44.4 Å². The average molecular weight is 372 g/mol. The first-order chi connectivity index (χ1) is 11.7. The van der Waals surface area contributed by atoms with Gasteiger partial charge in [0.2, 0.25) is 15.9 Å². The summed E-state index contributed by atoms with van der Waals surface area (Å²) < 4.78 is 32.6. The molecule has 1 aromatic carbocycles. The summed E-state index contributed by atoms with van der Waals surface area (Å²) in [5.41, 5.74) is 6.21. The highest BCUT2D eigenvalue weighted by Crippen LogP contribution is 2.30. The van der Waals surface area contributed by atoms with E-state index in [9.17, 15) is 13.2 Å². The Kier molecular flexibility index (Phi) is 7.85. The van der Waals surface area contributed by atoms with Crippen molar-refractivity contribution >= 4 is 21.6 Å². The van der Waals surface area contributed by atoms with Gasteiger partial charge in [-0.15, -0.1) is 0 Å². The molecule has 0 aliphatic heterocycles. The molecule has 0 heterocycles. The fraction of sp³-hybridized carbons (Fsp3) is 0.588. The van der Waals surface area contributed by atoms with Crippen LogP contribution in [0.25, 0.3) is 0 Å². The molecule has 0 fully saturated rings. The zero-order chi connectivity index (χ0) is 19.2. The quantitative estimate of drug-likeness (QED) is 0.692. The summed E-state index contributed by atoms with van der Waals surface area (Å²) in [7, 11) is -3.72. The third-order valence-electron chi connectivity index (χ3n) is 3.86. The Hall–Kier alpha value is -1.64. The van der Waals surface area contributed by atoms with Crippen molar-refractivity contribution in [3.05, 3.63) is 18.2 Å². The Bertz CT molecular complexity index is 685. The molecule has 0 saturated carbocycles. The molecule has 25 heavy (non-hydrogen) atoms. The Morgan fingerprint density at radius 2 is 1.84 bits per heavy atom. The normalized spacial score (nSPS) is 13.1. The number of hydrogen-bond acceptors (Lipinski definition) is 5. The summed E-state index contributed by atoms with van der Waals surface area (Å²) in [6.07, 6.45) is 0. The second-order valence-corrected chi connectivity index (χ2v) is 7.85. The number of sulfonamides is 1. The summed E-state index contributed by atoms with van der Waals surface area (Å²) in [4.78, 5) is 12.2. The molecule has 8 heteroatoms. The molecule has 3 N–H and O–H groups in total. The second-order valence-electron chi connectivity index (χ2n) is 5.94. The van der Waals surface area contributed by atoms with Crippen LogP contribution in [0.2, 0.25) is 0 Å². The highest BCUT2D eigenvalue weighted by atomic mass is 32.2. The van der Waals surface area contributed by atoms with Crippen LogP contribution < -0.4 is 15.8 Å². The van der Waals surface area contributed by atoms with Gasteiger partial charge in [0.05, 0.1) is 12.6 Å². The standard InChI is InChI=1S/C17H29N3O4S/c1-6-20(7-2)25(22,23)15-11-13(9-10-14(15)24-8-3)19-17(21)16(18)12(4)5/h9-12,16H,6-8,18H2,1-5H3,(H,19,21)/t16-/m0/s1. The smallest absolute Gasteiger partial charge is 0.246 e. The monoisotopic (exact) mass is 371 g/mol. The van der Waals surface area contributed by atoms with Gasteiger partial charge in [0.15, 0.2) is 0 Å². The molecule has 0 bridgehead atoms. The molecule has 142 valence electrons. The zero-order valence-electron chi connectivity index (χ0n) is 15.6. The van der Waals surface area contributed by atoms with E-state index in [0.29, 0.717) is 25.4 Å². The predicted octanol–water partition coefficient (Wildman–Crippen LogP) is 2.04. The van der Waals surface area contributed by atoms with Gasteiger partial charge in [-0.05, 0) is 31.0 Å². The van der Waals surface area contributed by atoms with E-state index >= 15 is 0 Å². The van der Waals surface area contributed by atoms with Crippen LogP contribution in [0, 0.1) is 5.92 Å². The lowest BCUT2D eigenvalue weighted by molar-refractivity contribution is -0.118. The molecular weight excluding hydrogens is 342 g/mol. The first kappa shape index (κ1) is 21.4. The zero-order valence-corrected chi connectivity index (χ0v) is 16.4. The molecule has 0 saturated heterocycles. The maximum absolute atomic E-state index is 12.9. The minimum absolute atomic E-state index is 0.0263. The van der Waals surface area contributed by atoms with E-state index in [1.165, 1.54) is 10.4 Å². The van der Waals surface area contributed by atoms with Crippen LogP contribution in [0.1, 0.15) is 34.6 Å². The SMILES string of the molecule is CCOc1ccc(NC(=O)[C@@H](N)C(C)C)cc1S(=O)(=O)N(CC)CC. The minimum Gasteiger partial charge on any atom is -0.492 e. The summed E-state index contributed by atoms with van der Waals surface area (Å²) in [5, 5.41) is 2.68. The number of carbonyl (C=O) groups excluding carboxylic acids is 1. The summed E-state index contributed by atoms with van der Waals surface area (Å²) >= 11 is 0. The molecule has 1 amide bonds. The van der Waals surface area contributed by atoms with Crippen molar-refractivity contribution < 1.29 is 17.9 Å². The first-order valence-electron chi connectivity index (χ1n) is 8.52. The second kappa shape index (κ2) is 9.17. The maximum Gasteiger partial charge on any atom is 0.246 e. The highest BCUT2D eigenvalue weighted by molar-refractivity contribution is 7.89. The molecule has 1 rings (SSSR count). The van der Waals surface area contributed by atoms with E-state index in [2.05, 4.69) is 5.32 Å². The van der Waals surface area contributed by atoms with E-state index in [1.54, 1.807) is 32.9 Å². The van der Waals surface area contributed by atoms with E-state index in [-0.39, 0.29) is 22.5 Å². The van der Waals surface area contributed by atoms with E-state index in [0.717, 1.165) is 0 Å². The van der Waals surface area contributed by atoms with Crippen molar-refractivity contribution in [2.24, 2.45) is 11.7 Å². The van der Waals surface area contributed by atoms with E-state index in [4.69, 9.17) is 10.5 Å². The van der Waals surface area contributed by atoms with Gasteiger partial charge >= 0.3 is 0 Å². The lowest BCUT2D eigenvalue weighted by Gasteiger charge is -2.21. The Morgan fingerprint density at radius 3 is 2.32 bits per heavy atom. The van der Waals surface area contributed by atoms with Gasteiger partial charge in [-0.3, -0.25) is 4.79 Å². The summed E-state index contributed by atoms with van der Waals surface area (Å²) in [5.74, 6) is -0.118. The number of nitrogens with zero attached hydrogens (tertiary/aromatic N) is 1. The molecule has 0 aromatic heterocycles. The number of amides is 1. The molecule has 0 spiro atoms. The van der Waals surface area contributed by atoms with Crippen molar-refractivity contribution in [3.8, 4) is 5.75 Å². The van der Waals surface area contributed by atoms with E-state index < -0.39 is 16.1 Å². The van der Waals surface area contributed by atoms with Gasteiger partial charge in [-0.2, -0.15) is 4.31 Å². The molecule has 0 aliphatic rings. The van der Waals surface area contributed by atoms with Crippen LogP contribution in [0.3, 0.4) is 0 Å². The third kappa shape index (κ3) is 5.17. The summed E-state index contributed by atoms with van der Waals surface area (Å²) in [6, 6.07) is 3.91. The predicted molar refractivity (Wildman–Crippen MR) is 99.2 cm³/mol. The van der Waals surface area contributed by atoms with Crippen molar-refractivity contribution in [3.63, 3.8) is 0 Å². The fourth-order valence-electron chi connectivity index (χ4n) is 2.29. The maximum atomic E-state index is 12.9. The molecule has 0 unspecified atom stereocenters. The topological polar surface area (TPSA) is 102 Å². The van der Waals surface area contributed by atoms with Gasteiger partial charge in [0.1, 0.15) is 10.6 Å². The van der Waals surface area contributed by atoms with Gasteiger partial charge in [-0.25, -0.2) is 8.42 Å². The Labute approximate surface area is 150 Å². The van der Waals surface area contributed by atoms with Crippen LogP contribution in [0.15, 0.2) is 23.1 Å². The fourth-order valence-corrected chi connectivity index (χ4v) is 3.91. The van der Waals surface area contributed by atoms with Crippen molar-refractivity contribution in [2.75, 3.05) is 25.0 Å². The van der Waals surface area contributed by atoms with Gasteiger partial charge in [0.25, 0.3) is 0 Å². The van der Waals surface area contributed by atoms with Crippen molar-refractivity contribution in [2.45, 2.75) is 45.6 Å². The molecule has 0 aliphatic carbocycles. The number of nitrogens with two attached hydrogens (primary N) is 1. The number of rotatable bonds is 9. The molecule has 1 atom stereocenters. The van der Waals surface area contributed by atoms with Gasteiger partial charge in [-0.1, -0.05) is 27.7 Å². The van der Waals surface area contributed by atoms with Crippen molar-refractivity contribution in [1.82, 2.24) is 4.31 Å². The Balaban J connectivity index is 3.29. The number of nitrogens with one attached hydrogen (secondary N) is 1. The average Bonchev–Trinajstić information content (AvgIpc) is 2.56. The van der Waals surface area contributed by atoms with Crippen LogP contribution in [0.4, 0.5) is 5.69 Å². The summed E-state index contributed by atoms with van der Waals surface area (Å²) in [6.45, 7) is 10.1.